The minimum atomic E-state index is -1.14. The fraction of sp³-hybridized carbons (Fsp3) is 0.133. The third-order valence-corrected chi connectivity index (χ3v) is 2.82. The van der Waals surface area contributed by atoms with E-state index < -0.39 is 23.6 Å². The Balaban J connectivity index is 1.89. The molecule has 2 rings (SSSR count). The minimum Gasteiger partial charge on any atom is -0.388 e. The van der Waals surface area contributed by atoms with E-state index in [9.17, 15) is 18.7 Å². The number of carbonyl (C=O) groups excluding carboxylic acids is 1. The third kappa shape index (κ3) is 4.25. The number of halogens is 2. The van der Waals surface area contributed by atoms with Crippen LogP contribution in [0, 0.1) is 11.6 Å². The molecule has 1 unspecified atom stereocenters. The van der Waals surface area contributed by atoms with Gasteiger partial charge in [0.05, 0.1) is 18.2 Å². The van der Waals surface area contributed by atoms with Crippen LogP contribution in [0.2, 0.25) is 0 Å². The number of nitrogens with one attached hydrogen (secondary N) is 2. The van der Waals surface area contributed by atoms with Gasteiger partial charge in [-0.1, -0.05) is 24.3 Å². The summed E-state index contributed by atoms with van der Waals surface area (Å²) in [5, 5.41) is 9.84. The third-order valence-electron chi connectivity index (χ3n) is 2.82. The van der Waals surface area contributed by atoms with Crippen molar-refractivity contribution in [2.24, 2.45) is 0 Å². The van der Waals surface area contributed by atoms with Crippen molar-refractivity contribution in [2.45, 2.75) is 12.5 Å². The molecular formula is C15H14F2N2O2. The van der Waals surface area contributed by atoms with Gasteiger partial charge in [0, 0.05) is 0 Å². The Morgan fingerprint density at radius 2 is 1.90 bits per heavy atom. The molecule has 0 aliphatic rings. The number of aliphatic hydroxyl groups excluding tert-OH is 1. The number of benzene rings is 2. The molecule has 0 spiro atoms. The van der Waals surface area contributed by atoms with Gasteiger partial charge in [0.2, 0.25) is 5.91 Å². The summed E-state index contributed by atoms with van der Waals surface area (Å²) >= 11 is 0. The lowest BCUT2D eigenvalue weighted by atomic mass is 10.1. The highest BCUT2D eigenvalue weighted by Gasteiger charge is 2.13. The van der Waals surface area contributed by atoms with Gasteiger partial charge in [0.1, 0.15) is 11.6 Å². The zero-order chi connectivity index (χ0) is 15.2. The highest BCUT2D eigenvalue weighted by atomic mass is 19.1. The van der Waals surface area contributed by atoms with Crippen molar-refractivity contribution in [3.05, 3.63) is 65.7 Å². The molecule has 0 aliphatic carbocycles. The molecule has 0 bridgehead atoms. The molecule has 110 valence electrons. The molecule has 0 radical (unpaired) electrons. The van der Waals surface area contributed by atoms with Crippen LogP contribution < -0.4 is 10.9 Å². The first-order valence-corrected chi connectivity index (χ1v) is 6.29. The molecule has 2 aromatic rings. The molecule has 4 nitrogen and oxygen atoms in total. The topological polar surface area (TPSA) is 61.4 Å². The number of hydrazine groups is 1. The van der Waals surface area contributed by atoms with E-state index in [1.54, 1.807) is 6.07 Å². The molecule has 0 aromatic heterocycles. The number of hydrogen-bond donors (Lipinski definition) is 3. The molecule has 21 heavy (non-hydrogen) atoms. The van der Waals surface area contributed by atoms with Crippen LogP contribution in [0.25, 0.3) is 0 Å². The fourth-order valence-electron chi connectivity index (χ4n) is 1.76. The van der Waals surface area contributed by atoms with Gasteiger partial charge in [0.25, 0.3) is 0 Å². The maximum atomic E-state index is 13.3. The quantitative estimate of drug-likeness (QED) is 0.742. The van der Waals surface area contributed by atoms with Gasteiger partial charge in [0.15, 0.2) is 0 Å². The maximum Gasteiger partial charge on any atom is 0.241 e. The van der Waals surface area contributed by atoms with Gasteiger partial charge >= 0.3 is 0 Å². The molecule has 2 aromatic carbocycles. The predicted octanol–water partition coefficient (Wildman–Crippen LogP) is 2.53. The van der Waals surface area contributed by atoms with Gasteiger partial charge in [-0.15, -0.1) is 0 Å². The maximum absolute atomic E-state index is 13.3. The number of aliphatic hydroxyl groups is 1. The lowest BCUT2D eigenvalue weighted by Gasteiger charge is -2.13. The Kier molecular flexibility index (Phi) is 4.84. The van der Waals surface area contributed by atoms with Crippen molar-refractivity contribution < 1.29 is 18.7 Å². The van der Waals surface area contributed by atoms with Crippen molar-refractivity contribution >= 4 is 11.6 Å². The summed E-state index contributed by atoms with van der Waals surface area (Å²) in [6.45, 7) is 0. The number of hydrogen-bond acceptors (Lipinski definition) is 3. The summed E-state index contributed by atoms with van der Waals surface area (Å²) in [4.78, 5) is 11.6. The summed E-state index contributed by atoms with van der Waals surface area (Å²) in [5.41, 5.74) is 5.11. The molecular weight excluding hydrogens is 278 g/mol. The number of amides is 1. The van der Waals surface area contributed by atoms with Crippen molar-refractivity contribution in [3.8, 4) is 0 Å². The average molecular weight is 292 g/mol. The number of rotatable bonds is 5. The Hall–Kier alpha value is -2.47. The van der Waals surface area contributed by atoms with Crippen LogP contribution in [0.4, 0.5) is 14.5 Å². The SMILES string of the molecule is O=C(CC(O)c1cccc(F)c1)NNc1ccccc1F. The van der Waals surface area contributed by atoms with Crippen LogP contribution in [0.15, 0.2) is 48.5 Å². The van der Waals surface area contributed by atoms with Gasteiger partial charge in [-0.25, -0.2) is 8.78 Å². The summed E-state index contributed by atoms with van der Waals surface area (Å²) in [6, 6.07) is 11.2. The zero-order valence-electron chi connectivity index (χ0n) is 11.0. The largest absolute Gasteiger partial charge is 0.388 e. The van der Waals surface area contributed by atoms with Gasteiger partial charge < -0.3 is 5.11 Å². The Labute approximate surface area is 120 Å². The number of para-hydroxylation sites is 1. The summed E-state index contributed by atoms with van der Waals surface area (Å²) in [6.07, 6.45) is -1.41. The van der Waals surface area contributed by atoms with Crippen molar-refractivity contribution in [2.75, 3.05) is 5.43 Å². The minimum absolute atomic E-state index is 0.117. The molecule has 0 saturated carbocycles. The second-order valence-corrected chi connectivity index (χ2v) is 4.43. The Morgan fingerprint density at radius 1 is 1.14 bits per heavy atom. The molecule has 1 atom stereocenters. The van der Waals surface area contributed by atoms with Crippen LogP contribution in [0.5, 0.6) is 0 Å². The first kappa shape index (κ1) is 14.9. The molecule has 0 fully saturated rings. The molecule has 0 heterocycles. The van der Waals surface area contributed by atoms with E-state index in [0.717, 1.165) is 6.07 Å². The predicted molar refractivity (Wildman–Crippen MR) is 74.1 cm³/mol. The van der Waals surface area contributed by atoms with Crippen molar-refractivity contribution in [3.63, 3.8) is 0 Å². The van der Waals surface area contributed by atoms with E-state index in [-0.39, 0.29) is 12.1 Å². The molecule has 0 saturated heterocycles. The van der Waals surface area contributed by atoms with E-state index in [1.807, 2.05) is 0 Å². The monoisotopic (exact) mass is 292 g/mol. The fourth-order valence-corrected chi connectivity index (χ4v) is 1.76. The normalized spacial score (nSPS) is 11.8. The van der Waals surface area contributed by atoms with Crippen molar-refractivity contribution in [1.29, 1.82) is 0 Å². The highest BCUT2D eigenvalue weighted by Crippen LogP contribution is 2.17. The van der Waals surface area contributed by atoms with E-state index >= 15 is 0 Å². The Morgan fingerprint density at radius 3 is 2.62 bits per heavy atom. The average Bonchev–Trinajstić information content (AvgIpc) is 2.46. The molecule has 0 aliphatic heterocycles. The van der Waals surface area contributed by atoms with Gasteiger partial charge in [-0.2, -0.15) is 0 Å². The van der Waals surface area contributed by atoms with Crippen LogP contribution in [0.3, 0.4) is 0 Å². The van der Waals surface area contributed by atoms with Crippen LogP contribution in [0.1, 0.15) is 18.1 Å². The first-order valence-electron chi connectivity index (χ1n) is 6.29. The van der Waals surface area contributed by atoms with Gasteiger partial charge in [-0.3, -0.25) is 15.6 Å². The van der Waals surface area contributed by atoms with Crippen LogP contribution >= 0.6 is 0 Å². The highest BCUT2D eigenvalue weighted by molar-refractivity contribution is 5.78. The Bertz CT molecular complexity index is 635. The number of anilines is 1. The van der Waals surface area contributed by atoms with Crippen molar-refractivity contribution in [1.82, 2.24) is 5.43 Å². The second-order valence-electron chi connectivity index (χ2n) is 4.43. The summed E-state index contributed by atoms with van der Waals surface area (Å²) in [7, 11) is 0. The lowest BCUT2D eigenvalue weighted by molar-refractivity contribution is -0.122. The zero-order valence-corrected chi connectivity index (χ0v) is 11.0. The smallest absolute Gasteiger partial charge is 0.241 e. The number of carbonyl (C=O) groups is 1. The van der Waals surface area contributed by atoms with Crippen LogP contribution in [-0.4, -0.2) is 11.0 Å². The molecule has 6 heteroatoms. The van der Waals surface area contributed by atoms with E-state index in [2.05, 4.69) is 10.9 Å². The summed E-state index contributed by atoms with van der Waals surface area (Å²) < 4.78 is 26.3. The van der Waals surface area contributed by atoms with E-state index in [1.165, 1.54) is 36.4 Å². The summed E-state index contributed by atoms with van der Waals surface area (Å²) in [5.74, 6) is -1.55. The first-order chi connectivity index (χ1) is 10.1. The standard InChI is InChI=1S/C15H14F2N2O2/c16-11-5-3-4-10(8-11)14(20)9-15(21)19-18-13-7-2-1-6-12(13)17/h1-8,14,18,20H,9H2,(H,19,21). The second kappa shape index (κ2) is 6.81. The van der Waals surface area contributed by atoms with Crippen LogP contribution in [-0.2, 0) is 4.79 Å². The molecule has 1 amide bonds. The molecule has 3 N–H and O–H groups in total. The van der Waals surface area contributed by atoms with Gasteiger partial charge in [-0.05, 0) is 29.8 Å². The lowest BCUT2D eigenvalue weighted by Crippen LogP contribution is -2.30. The van der Waals surface area contributed by atoms with E-state index in [4.69, 9.17) is 0 Å². The van der Waals surface area contributed by atoms with E-state index in [0.29, 0.717) is 5.56 Å².